The Morgan fingerprint density at radius 1 is 1.42 bits per heavy atom. The van der Waals surface area contributed by atoms with E-state index in [1.54, 1.807) is 10.9 Å². The van der Waals surface area contributed by atoms with E-state index in [9.17, 15) is 13.2 Å². The monoisotopic (exact) mass is 275 g/mol. The first-order valence-corrected chi connectivity index (χ1v) is 6.73. The van der Waals surface area contributed by atoms with Crippen LogP contribution in [0.4, 0.5) is 13.2 Å². The second-order valence-corrected chi connectivity index (χ2v) is 5.46. The number of halogens is 3. The number of aromatic nitrogens is 2. The second kappa shape index (κ2) is 5.15. The van der Waals surface area contributed by atoms with E-state index >= 15 is 0 Å². The SMILES string of the molecule is CCCn1cc(C2(N)CCC(C(F)(F)F)CC2)cn1. The van der Waals surface area contributed by atoms with Gasteiger partial charge < -0.3 is 5.73 Å². The molecule has 1 aromatic rings. The van der Waals surface area contributed by atoms with E-state index in [0.29, 0.717) is 12.8 Å². The maximum absolute atomic E-state index is 12.6. The number of rotatable bonds is 3. The fourth-order valence-electron chi connectivity index (χ4n) is 2.72. The van der Waals surface area contributed by atoms with Gasteiger partial charge in [0.15, 0.2) is 0 Å². The first-order chi connectivity index (χ1) is 8.85. The van der Waals surface area contributed by atoms with Crippen LogP contribution >= 0.6 is 0 Å². The van der Waals surface area contributed by atoms with Gasteiger partial charge in [0.05, 0.1) is 12.1 Å². The van der Waals surface area contributed by atoms with Crippen LogP contribution < -0.4 is 5.73 Å². The zero-order valence-electron chi connectivity index (χ0n) is 11.1. The van der Waals surface area contributed by atoms with Crippen LogP contribution in [0.1, 0.15) is 44.6 Å². The van der Waals surface area contributed by atoms with Gasteiger partial charge in [-0.3, -0.25) is 4.68 Å². The molecule has 2 rings (SSSR count). The summed E-state index contributed by atoms with van der Waals surface area (Å²) in [5, 5.41) is 4.21. The average Bonchev–Trinajstić information content (AvgIpc) is 2.78. The predicted molar refractivity (Wildman–Crippen MR) is 66.4 cm³/mol. The Kier molecular flexibility index (Phi) is 3.90. The lowest BCUT2D eigenvalue weighted by Crippen LogP contribution is -2.42. The summed E-state index contributed by atoms with van der Waals surface area (Å²) in [5.41, 5.74) is 6.49. The van der Waals surface area contributed by atoms with E-state index in [-0.39, 0.29) is 12.8 Å². The zero-order valence-corrected chi connectivity index (χ0v) is 11.1. The van der Waals surface area contributed by atoms with Crippen LogP contribution in [-0.4, -0.2) is 16.0 Å². The molecule has 0 atom stereocenters. The fraction of sp³-hybridized carbons (Fsp3) is 0.769. The van der Waals surface area contributed by atoms with Gasteiger partial charge in [0.1, 0.15) is 0 Å². The molecule has 1 aliphatic carbocycles. The highest BCUT2D eigenvalue weighted by atomic mass is 19.4. The van der Waals surface area contributed by atoms with Crippen molar-refractivity contribution in [2.24, 2.45) is 11.7 Å². The van der Waals surface area contributed by atoms with Gasteiger partial charge >= 0.3 is 6.18 Å². The quantitative estimate of drug-likeness (QED) is 0.920. The summed E-state index contributed by atoms with van der Waals surface area (Å²) in [4.78, 5) is 0. The molecule has 0 aromatic carbocycles. The smallest absolute Gasteiger partial charge is 0.321 e. The molecule has 0 saturated heterocycles. The molecule has 0 aliphatic heterocycles. The minimum atomic E-state index is -4.09. The molecule has 19 heavy (non-hydrogen) atoms. The van der Waals surface area contributed by atoms with Gasteiger partial charge in [-0.25, -0.2) is 0 Å². The number of nitrogens with two attached hydrogens (primary N) is 1. The molecular weight excluding hydrogens is 255 g/mol. The predicted octanol–water partition coefficient (Wildman–Crippen LogP) is 3.20. The lowest BCUT2D eigenvalue weighted by molar-refractivity contribution is -0.184. The molecule has 1 heterocycles. The number of alkyl halides is 3. The molecular formula is C13H20F3N3. The van der Waals surface area contributed by atoms with Crippen molar-refractivity contribution < 1.29 is 13.2 Å². The van der Waals surface area contributed by atoms with Gasteiger partial charge in [0.25, 0.3) is 0 Å². The van der Waals surface area contributed by atoms with Crippen molar-refractivity contribution in [1.29, 1.82) is 0 Å². The van der Waals surface area contributed by atoms with Gasteiger partial charge in [-0.05, 0) is 32.1 Å². The van der Waals surface area contributed by atoms with Crippen molar-refractivity contribution in [3.8, 4) is 0 Å². The summed E-state index contributed by atoms with van der Waals surface area (Å²) < 4.78 is 39.7. The Labute approximate surface area is 111 Å². The standard InChI is InChI=1S/C13H20F3N3/c1-2-7-19-9-11(8-18-19)12(17)5-3-10(4-6-12)13(14,15)16/h8-10H,2-7,17H2,1H3. The maximum atomic E-state index is 12.6. The van der Waals surface area contributed by atoms with Gasteiger partial charge in [-0.1, -0.05) is 6.92 Å². The Hall–Kier alpha value is -1.04. The van der Waals surface area contributed by atoms with E-state index in [1.165, 1.54) is 0 Å². The van der Waals surface area contributed by atoms with Crippen molar-refractivity contribution in [3.05, 3.63) is 18.0 Å². The third-order valence-electron chi connectivity index (χ3n) is 4.00. The third kappa shape index (κ3) is 3.11. The summed E-state index contributed by atoms with van der Waals surface area (Å²) >= 11 is 0. The maximum Gasteiger partial charge on any atom is 0.391 e. The molecule has 1 aromatic heterocycles. The minimum absolute atomic E-state index is 0.110. The van der Waals surface area contributed by atoms with Crippen LogP contribution in [0.15, 0.2) is 12.4 Å². The topological polar surface area (TPSA) is 43.8 Å². The molecule has 1 saturated carbocycles. The number of hydrogen-bond acceptors (Lipinski definition) is 2. The Bertz CT molecular complexity index is 417. The number of aryl methyl sites for hydroxylation is 1. The third-order valence-corrected chi connectivity index (χ3v) is 4.00. The summed E-state index contributed by atoms with van der Waals surface area (Å²) in [6, 6.07) is 0. The van der Waals surface area contributed by atoms with Crippen molar-refractivity contribution in [3.63, 3.8) is 0 Å². The van der Waals surface area contributed by atoms with E-state index in [4.69, 9.17) is 5.73 Å². The van der Waals surface area contributed by atoms with Crippen LogP contribution in [-0.2, 0) is 12.1 Å². The van der Waals surface area contributed by atoms with E-state index in [0.717, 1.165) is 18.5 Å². The molecule has 108 valence electrons. The normalized spacial score (nSPS) is 28.6. The van der Waals surface area contributed by atoms with Crippen LogP contribution in [0, 0.1) is 5.92 Å². The Balaban J connectivity index is 2.04. The number of nitrogens with zero attached hydrogens (tertiary/aromatic N) is 2. The highest BCUT2D eigenvalue weighted by Gasteiger charge is 2.45. The van der Waals surface area contributed by atoms with Gasteiger partial charge in [-0.2, -0.15) is 18.3 Å². The summed E-state index contributed by atoms with van der Waals surface area (Å²) in [6.07, 6.45) is 1.41. The minimum Gasteiger partial charge on any atom is -0.321 e. The van der Waals surface area contributed by atoms with Crippen LogP contribution in [0.2, 0.25) is 0 Å². The largest absolute Gasteiger partial charge is 0.391 e. The Morgan fingerprint density at radius 3 is 2.58 bits per heavy atom. The number of hydrogen-bond donors (Lipinski definition) is 1. The van der Waals surface area contributed by atoms with Gasteiger partial charge in [0, 0.05) is 23.8 Å². The molecule has 0 amide bonds. The molecule has 6 heteroatoms. The van der Waals surface area contributed by atoms with Crippen molar-refractivity contribution in [1.82, 2.24) is 9.78 Å². The molecule has 0 radical (unpaired) electrons. The van der Waals surface area contributed by atoms with E-state index < -0.39 is 17.6 Å². The zero-order chi connectivity index (χ0) is 14.1. The molecule has 2 N–H and O–H groups in total. The molecule has 0 bridgehead atoms. The molecule has 0 spiro atoms. The lowest BCUT2D eigenvalue weighted by atomic mass is 9.74. The van der Waals surface area contributed by atoms with Gasteiger partial charge in [0.2, 0.25) is 0 Å². The average molecular weight is 275 g/mol. The van der Waals surface area contributed by atoms with Crippen molar-refractivity contribution in [2.75, 3.05) is 0 Å². The first-order valence-electron chi connectivity index (χ1n) is 6.73. The Morgan fingerprint density at radius 2 is 2.05 bits per heavy atom. The summed E-state index contributed by atoms with van der Waals surface area (Å²) in [6.45, 7) is 2.86. The summed E-state index contributed by atoms with van der Waals surface area (Å²) in [5.74, 6) is -1.20. The van der Waals surface area contributed by atoms with Crippen LogP contribution in [0.5, 0.6) is 0 Å². The molecule has 3 nitrogen and oxygen atoms in total. The highest BCUT2D eigenvalue weighted by Crippen LogP contribution is 2.43. The molecule has 0 unspecified atom stereocenters. The van der Waals surface area contributed by atoms with Crippen LogP contribution in [0.25, 0.3) is 0 Å². The lowest BCUT2D eigenvalue weighted by Gasteiger charge is -2.37. The van der Waals surface area contributed by atoms with E-state index in [2.05, 4.69) is 5.10 Å². The van der Waals surface area contributed by atoms with Crippen molar-refractivity contribution in [2.45, 2.75) is 57.3 Å². The first kappa shape index (κ1) is 14.4. The second-order valence-electron chi connectivity index (χ2n) is 5.46. The van der Waals surface area contributed by atoms with Gasteiger partial charge in [-0.15, -0.1) is 0 Å². The van der Waals surface area contributed by atoms with Crippen molar-refractivity contribution >= 4 is 0 Å². The molecule has 1 fully saturated rings. The van der Waals surface area contributed by atoms with E-state index in [1.807, 2.05) is 13.1 Å². The van der Waals surface area contributed by atoms with Crippen LogP contribution in [0.3, 0.4) is 0 Å². The fourth-order valence-corrected chi connectivity index (χ4v) is 2.72. The summed E-state index contributed by atoms with van der Waals surface area (Å²) in [7, 11) is 0. The highest BCUT2D eigenvalue weighted by molar-refractivity contribution is 5.18. The molecule has 1 aliphatic rings.